The number of ketones is 1. The quantitative estimate of drug-likeness (QED) is 0.204. The summed E-state index contributed by atoms with van der Waals surface area (Å²) in [5.74, 6) is 0.998. The summed E-state index contributed by atoms with van der Waals surface area (Å²) in [4.78, 5) is 38.7. The highest BCUT2D eigenvalue weighted by Gasteiger charge is 2.70. The van der Waals surface area contributed by atoms with E-state index in [1.165, 1.54) is 18.4 Å². The number of carbonyl (C=O) groups is 3. The maximum absolute atomic E-state index is 13.9. The molecule has 5 fully saturated rings. The lowest BCUT2D eigenvalue weighted by atomic mass is 9.33. The Labute approximate surface area is 289 Å². The predicted octanol–water partition coefficient (Wildman–Crippen LogP) is 7.74. The van der Waals surface area contributed by atoms with E-state index in [0.717, 1.165) is 69.4 Å². The minimum Gasteiger partial charge on any atom is -0.481 e. The molecule has 270 valence electrons. The van der Waals surface area contributed by atoms with Gasteiger partial charge in [0.1, 0.15) is 6.10 Å². The van der Waals surface area contributed by atoms with Crippen LogP contribution in [0.1, 0.15) is 139 Å². The van der Waals surface area contributed by atoms with Crippen molar-refractivity contribution in [1.29, 1.82) is 0 Å². The summed E-state index contributed by atoms with van der Waals surface area (Å²) >= 11 is 0. The molecule has 0 spiro atoms. The average molecular weight is 668 g/mol. The highest BCUT2D eigenvalue weighted by atomic mass is 16.5. The summed E-state index contributed by atoms with van der Waals surface area (Å²) in [7, 11) is 0. The Morgan fingerprint density at radius 3 is 2.23 bits per heavy atom. The van der Waals surface area contributed by atoms with Gasteiger partial charge in [0.15, 0.2) is 5.78 Å². The minimum atomic E-state index is -1.15. The molecular weight excluding hydrogens is 602 g/mol. The molecule has 0 heterocycles. The van der Waals surface area contributed by atoms with Gasteiger partial charge in [-0.3, -0.25) is 14.4 Å². The van der Waals surface area contributed by atoms with E-state index < -0.39 is 28.9 Å². The Morgan fingerprint density at radius 1 is 0.917 bits per heavy atom. The monoisotopic (exact) mass is 667 g/mol. The van der Waals surface area contributed by atoms with Crippen LogP contribution in [-0.4, -0.2) is 53.2 Å². The Balaban J connectivity index is 1.27. The van der Waals surface area contributed by atoms with Crippen molar-refractivity contribution in [2.75, 3.05) is 13.1 Å². The summed E-state index contributed by atoms with van der Waals surface area (Å²) in [6, 6.07) is 0. The van der Waals surface area contributed by atoms with Gasteiger partial charge in [-0.25, -0.2) is 0 Å². The smallest absolute Gasteiger partial charge is 0.309 e. The van der Waals surface area contributed by atoms with Crippen LogP contribution < -0.4 is 5.32 Å². The van der Waals surface area contributed by atoms with Gasteiger partial charge in [-0.15, -0.1) is 0 Å². The lowest BCUT2D eigenvalue weighted by Gasteiger charge is -2.72. The SMILES string of the molecule is CC(C)C1=C2[C@H]3CCC4[C@@]5(C)CC[C@H](OC(=O)CC(C)(C)C(=O)O)C(C)(C)[C@H]5CC[C@@]4(C)[C@]3(C)CC[C@@]2([C@H](O)CNCC2CC2)CC1=O. The number of nitrogens with one attached hydrogen (secondary N) is 1. The molecule has 6 aliphatic rings. The molecule has 0 aromatic carbocycles. The number of esters is 1. The molecule has 1 unspecified atom stereocenters. The van der Waals surface area contributed by atoms with Gasteiger partial charge >= 0.3 is 11.9 Å². The largest absolute Gasteiger partial charge is 0.481 e. The third-order valence-electron chi connectivity index (χ3n) is 16.0. The van der Waals surface area contributed by atoms with E-state index in [1.807, 2.05) is 0 Å². The van der Waals surface area contributed by atoms with E-state index in [1.54, 1.807) is 13.8 Å². The first-order valence-corrected chi connectivity index (χ1v) is 19.3. The van der Waals surface area contributed by atoms with Gasteiger partial charge in [-0.05, 0) is 136 Å². The van der Waals surface area contributed by atoms with Gasteiger partial charge in [0.2, 0.25) is 0 Å². The summed E-state index contributed by atoms with van der Waals surface area (Å²) in [6.45, 7) is 21.3. The zero-order valence-corrected chi connectivity index (χ0v) is 31.5. The maximum Gasteiger partial charge on any atom is 0.309 e. The van der Waals surface area contributed by atoms with E-state index in [4.69, 9.17) is 4.74 Å². The molecule has 3 N–H and O–H groups in total. The number of carbonyl (C=O) groups excluding carboxylic acids is 2. The molecule has 0 amide bonds. The highest BCUT2D eigenvalue weighted by Crippen LogP contribution is 2.77. The van der Waals surface area contributed by atoms with Gasteiger partial charge in [0, 0.05) is 23.8 Å². The van der Waals surface area contributed by atoms with Crippen LogP contribution in [-0.2, 0) is 19.1 Å². The second-order valence-corrected chi connectivity index (χ2v) is 19.7. The second-order valence-electron chi connectivity index (χ2n) is 19.7. The van der Waals surface area contributed by atoms with Crippen LogP contribution in [0.25, 0.3) is 0 Å². The van der Waals surface area contributed by atoms with Gasteiger partial charge in [0.25, 0.3) is 0 Å². The lowest BCUT2D eigenvalue weighted by molar-refractivity contribution is -0.235. The number of aliphatic hydroxyl groups excluding tert-OH is 1. The minimum absolute atomic E-state index is 0.0323. The number of aliphatic hydroxyl groups is 1. The molecule has 7 nitrogen and oxygen atoms in total. The number of hydrogen-bond donors (Lipinski definition) is 3. The molecule has 7 heteroatoms. The van der Waals surface area contributed by atoms with Crippen molar-refractivity contribution in [3.8, 4) is 0 Å². The van der Waals surface area contributed by atoms with Crippen molar-refractivity contribution in [3.63, 3.8) is 0 Å². The summed E-state index contributed by atoms with van der Waals surface area (Å²) in [5.41, 5.74) is 0.766. The van der Waals surface area contributed by atoms with Crippen molar-refractivity contribution in [1.82, 2.24) is 5.32 Å². The fraction of sp³-hybridized carbons (Fsp3) is 0.878. The van der Waals surface area contributed by atoms with Crippen molar-refractivity contribution in [2.45, 2.75) is 152 Å². The zero-order valence-electron chi connectivity index (χ0n) is 31.5. The molecular formula is C41H65NO6. The topological polar surface area (TPSA) is 113 Å². The normalized spacial score (nSPS) is 41.3. The maximum atomic E-state index is 13.9. The molecule has 48 heavy (non-hydrogen) atoms. The van der Waals surface area contributed by atoms with Crippen molar-refractivity contribution >= 4 is 17.7 Å². The number of allylic oxidation sites excluding steroid dienone is 1. The zero-order chi connectivity index (χ0) is 35.2. The van der Waals surface area contributed by atoms with Crippen LogP contribution in [0.15, 0.2) is 11.1 Å². The van der Waals surface area contributed by atoms with E-state index in [-0.39, 0.29) is 45.9 Å². The standard InChI is InChI=1S/C41H65NO6/c1-24(2)33-27(43)20-41(30(44)23-42-22-25-10-11-25)19-18-39(8)26(34(33)41)12-13-29-38(7)16-15-31(48-32(45)21-36(3,4)35(46)47)37(5,6)28(38)14-17-40(29,39)9/h24-26,28-31,42,44H,10-23H2,1-9H3,(H,46,47)/t26-,28-,29?,30-,31+,38+,39-,40-,41+/m1/s1. The summed E-state index contributed by atoms with van der Waals surface area (Å²) in [5, 5.41) is 25.1. The van der Waals surface area contributed by atoms with E-state index >= 15 is 0 Å². The molecule has 0 radical (unpaired) electrons. The van der Waals surface area contributed by atoms with Crippen molar-refractivity contribution in [2.24, 2.45) is 62.1 Å². The van der Waals surface area contributed by atoms with Crippen molar-refractivity contribution < 1.29 is 29.3 Å². The molecule has 0 aromatic heterocycles. The number of Topliss-reactive ketones (excluding diaryl/α,β-unsaturated/α-hetero) is 1. The van der Waals surface area contributed by atoms with Gasteiger partial charge in [0.05, 0.1) is 17.9 Å². The third kappa shape index (κ3) is 5.37. The fourth-order valence-corrected chi connectivity index (χ4v) is 12.9. The second kappa shape index (κ2) is 11.9. The van der Waals surface area contributed by atoms with Gasteiger partial charge < -0.3 is 20.3 Å². The highest BCUT2D eigenvalue weighted by molar-refractivity contribution is 6.00. The molecule has 9 atom stereocenters. The van der Waals surface area contributed by atoms with Gasteiger partial charge in [-0.2, -0.15) is 0 Å². The lowest BCUT2D eigenvalue weighted by Crippen LogP contribution is -2.66. The molecule has 0 aliphatic heterocycles. The molecule has 5 saturated carbocycles. The molecule has 6 rings (SSSR count). The first-order valence-electron chi connectivity index (χ1n) is 19.3. The van der Waals surface area contributed by atoms with Crippen LogP contribution >= 0.6 is 0 Å². The van der Waals surface area contributed by atoms with Crippen LogP contribution in [0.5, 0.6) is 0 Å². The van der Waals surface area contributed by atoms with Crippen LogP contribution in [0.3, 0.4) is 0 Å². The third-order valence-corrected chi connectivity index (χ3v) is 16.0. The van der Waals surface area contributed by atoms with Crippen LogP contribution in [0.4, 0.5) is 0 Å². The Hall–Kier alpha value is -1.73. The Bertz CT molecular complexity index is 1360. The first-order chi connectivity index (χ1) is 22.2. The molecule has 0 saturated heterocycles. The molecule has 0 bridgehead atoms. The summed E-state index contributed by atoms with van der Waals surface area (Å²) < 4.78 is 6.15. The number of carboxylic acids is 1. The molecule has 6 aliphatic carbocycles. The number of rotatable bonds is 10. The fourth-order valence-electron chi connectivity index (χ4n) is 12.9. The Kier molecular flexibility index (Phi) is 8.96. The van der Waals surface area contributed by atoms with Gasteiger partial charge in [-0.1, -0.05) is 54.0 Å². The average Bonchev–Trinajstić information content (AvgIpc) is 3.74. The number of ether oxygens (including phenoxy) is 1. The predicted molar refractivity (Wildman–Crippen MR) is 187 cm³/mol. The van der Waals surface area contributed by atoms with E-state index in [2.05, 4.69) is 53.8 Å². The molecule has 0 aromatic rings. The first kappa shape index (κ1) is 36.1. The number of aliphatic carboxylic acids is 1. The van der Waals surface area contributed by atoms with Crippen LogP contribution in [0.2, 0.25) is 0 Å². The number of fused-ring (bicyclic) bond motifs is 7. The van der Waals surface area contributed by atoms with E-state index in [0.29, 0.717) is 30.7 Å². The summed E-state index contributed by atoms with van der Waals surface area (Å²) in [6.07, 6.45) is 10.2. The van der Waals surface area contributed by atoms with Crippen molar-refractivity contribution in [3.05, 3.63) is 11.1 Å². The van der Waals surface area contributed by atoms with E-state index in [9.17, 15) is 24.6 Å². The number of hydrogen-bond acceptors (Lipinski definition) is 6. The van der Waals surface area contributed by atoms with Crippen LogP contribution in [0, 0.1) is 62.1 Å². The number of carboxylic acid groups (broad SMARTS) is 1. The Morgan fingerprint density at radius 2 is 1.60 bits per heavy atom.